The van der Waals surface area contributed by atoms with E-state index in [9.17, 15) is 4.79 Å². The molecule has 2 aromatic rings. The summed E-state index contributed by atoms with van der Waals surface area (Å²) in [7, 11) is 0. The first-order valence-electron chi connectivity index (χ1n) is 8.75. The Bertz CT molecular complexity index is 708. The van der Waals surface area contributed by atoms with E-state index in [4.69, 9.17) is 4.74 Å². The molecule has 0 radical (unpaired) electrons. The summed E-state index contributed by atoms with van der Waals surface area (Å²) in [6, 6.07) is 6.35. The number of para-hydroxylation sites is 1. The van der Waals surface area contributed by atoms with Crippen LogP contribution in [0.1, 0.15) is 40.5 Å². The smallest absolute Gasteiger partial charge is 0.273 e. The molecule has 1 aliphatic heterocycles. The van der Waals surface area contributed by atoms with Crippen molar-refractivity contribution in [3.05, 3.63) is 41.2 Å². The average Bonchev–Trinajstić information content (AvgIpc) is 3.11. The number of carbonyl (C=O) groups excluding carboxylic acids is 1. The van der Waals surface area contributed by atoms with E-state index in [0.29, 0.717) is 24.9 Å². The molecule has 1 fully saturated rings. The Morgan fingerprint density at radius 3 is 2.69 bits per heavy atom. The van der Waals surface area contributed by atoms with Gasteiger partial charge in [-0.2, -0.15) is 0 Å². The van der Waals surface area contributed by atoms with Crippen LogP contribution in [0.5, 0.6) is 5.75 Å². The lowest BCUT2D eigenvalue weighted by atomic mass is 10.1. The number of nitrogens with zero attached hydrogens (tertiary/aromatic N) is 3. The molecule has 2 heterocycles. The molecule has 142 valence electrons. The Morgan fingerprint density at radius 2 is 2.00 bits per heavy atom. The molecule has 8 heteroatoms. The predicted octanol–water partition coefficient (Wildman–Crippen LogP) is 2.05. The number of aromatic nitrogens is 3. The van der Waals surface area contributed by atoms with E-state index >= 15 is 0 Å². The molecule has 0 spiro atoms. The number of ether oxygens (including phenoxy) is 1. The van der Waals surface area contributed by atoms with E-state index in [1.807, 2.05) is 36.7 Å². The average molecular weight is 380 g/mol. The third-order valence-corrected chi connectivity index (χ3v) is 4.47. The van der Waals surface area contributed by atoms with Crippen molar-refractivity contribution in [2.24, 2.45) is 0 Å². The van der Waals surface area contributed by atoms with E-state index < -0.39 is 0 Å². The lowest BCUT2D eigenvalue weighted by Gasteiger charge is -2.22. The first kappa shape index (κ1) is 20.2. The summed E-state index contributed by atoms with van der Waals surface area (Å²) >= 11 is 0. The second-order valence-corrected chi connectivity index (χ2v) is 6.39. The highest BCUT2D eigenvalue weighted by molar-refractivity contribution is 5.91. The van der Waals surface area contributed by atoms with Crippen LogP contribution in [0, 0.1) is 13.8 Å². The van der Waals surface area contributed by atoms with Crippen LogP contribution in [0.4, 0.5) is 0 Å². The first-order chi connectivity index (χ1) is 12.1. The van der Waals surface area contributed by atoms with Crippen LogP contribution >= 0.6 is 12.4 Å². The molecule has 0 aliphatic carbocycles. The molecule has 1 aromatic carbocycles. The zero-order chi connectivity index (χ0) is 17.6. The van der Waals surface area contributed by atoms with Gasteiger partial charge in [0.1, 0.15) is 12.4 Å². The number of hydrogen-bond acceptors (Lipinski definition) is 5. The highest BCUT2D eigenvalue weighted by Crippen LogP contribution is 2.22. The number of rotatable bonds is 6. The summed E-state index contributed by atoms with van der Waals surface area (Å²) in [6.07, 6.45) is 3.75. The summed E-state index contributed by atoms with van der Waals surface area (Å²) < 4.78 is 7.60. The van der Waals surface area contributed by atoms with Gasteiger partial charge in [-0.1, -0.05) is 23.4 Å². The number of benzene rings is 1. The SMILES string of the molecule is Cc1cccc(C)c1OCCNC(=O)c1cn(C2CCNCC2)nn1.Cl. The molecule has 3 rings (SSSR count). The summed E-state index contributed by atoms with van der Waals surface area (Å²) in [4.78, 5) is 12.2. The van der Waals surface area contributed by atoms with Crippen molar-refractivity contribution in [2.45, 2.75) is 32.7 Å². The minimum atomic E-state index is -0.217. The van der Waals surface area contributed by atoms with E-state index in [2.05, 4.69) is 20.9 Å². The maximum absolute atomic E-state index is 12.2. The Balaban J connectivity index is 0.00000243. The third-order valence-electron chi connectivity index (χ3n) is 4.47. The Hall–Kier alpha value is -2.12. The van der Waals surface area contributed by atoms with Crippen molar-refractivity contribution in [3.8, 4) is 5.75 Å². The second-order valence-electron chi connectivity index (χ2n) is 6.39. The number of halogens is 1. The molecule has 7 nitrogen and oxygen atoms in total. The summed E-state index contributed by atoms with van der Waals surface area (Å²) in [6.45, 7) is 6.82. The molecule has 1 amide bonds. The van der Waals surface area contributed by atoms with Crippen LogP contribution < -0.4 is 15.4 Å². The van der Waals surface area contributed by atoms with Crippen molar-refractivity contribution in [3.63, 3.8) is 0 Å². The van der Waals surface area contributed by atoms with Crippen LogP contribution in [0.3, 0.4) is 0 Å². The highest BCUT2D eigenvalue weighted by atomic mass is 35.5. The monoisotopic (exact) mass is 379 g/mol. The van der Waals surface area contributed by atoms with Gasteiger partial charge >= 0.3 is 0 Å². The summed E-state index contributed by atoms with van der Waals surface area (Å²) in [5.74, 6) is 0.666. The van der Waals surface area contributed by atoms with Gasteiger partial charge in [-0.15, -0.1) is 17.5 Å². The molecule has 0 unspecified atom stereocenters. The minimum absolute atomic E-state index is 0. The number of aryl methyl sites for hydroxylation is 2. The van der Waals surface area contributed by atoms with Crippen LogP contribution in [0.2, 0.25) is 0 Å². The fraction of sp³-hybridized carbons (Fsp3) is 0.500. The lowest BCUT2D eigenvalue weighted by Crippen LogP contribution is -2.30. The van der Waals surface area contributed by atoms with E-state index in [0.717, 1.165) is 42.8 Å². The van der Waals surface area contributed by atoms with Gasteiger partial charge in [-0.3, -0.25) is 4.79 Å². The van der Waals surface area contributed by atoms with Gasteiger partial charge in [0.25, 0.3) is 5.91 Å². The molecule has 0 saturated carbocycles. The molecule has 0 bridgehead atoms. The zero-order valence-corrected chi connectivity index (χ0v) is 16.0. The van der Waals surface area contributed by atoms with Crippen LogP contribution in [-0.2, 0) is 0 Å². The summed E-state index contributed by atoms with van der Waals surface area (Å²) in [5, 5.41) is 14.3. The molecule has 0 atom stereocenters. The van der Waals surface area contributed by atoms with E-state index in [1.54, 1.807) is 6.20 Å². The van der Waals surface area contributed by atoms with Gasteiger partial charge in [0.15, 0.2) is 5.69 Å². The van der Waals surface area contributed by atoms with Crippen LogP contribution in [0.15, 0.2) is 24.4 Å². The minimum Gasteiger partial charge on any atom is -0.491 e. The fourth-order valence-electron chi connectivity index (χ4n) is 3.07. The molecule has 1 aromatic heterocycles. The number of piperidine rings is 1. The van der Waals surface area contributed by atoms with Gasteiger partial charge < -0.3 is 15.4 Å². The number of amides is 1. The van der Waals surface area contributed by atoms with Gasteiger partial charge in [0.2, 0.25) is 0 Å². The number of hydrogen-bond donors (Lipinski definition) is 2. The Labute approximate surface area is 159 Å². The predicted molar refractivity (Wildman–Crippen MR) is 102 cm³/mol. The molecule has 2 N–H and O–H groups in total. The van der Waals surface area contributed by atoms with Crippen molar-refractivity contribution in [1.82, 2.24) is 25.6 Å². The fourth-order valence-corrected chi connectivity index (χ4v) is 3.07. The highest BCUT2D eigenvalue weighted by Gasteiger charge is 2.18. The van der Waals surface area contributed by atoms with Gasteiger partial charge in [0, 0.05) is 0 Å². The summed E-state index contributed by atoms with van der Waals surface area (Å²) in [5.41, 5.74) is 2.54. The molecule has 26 heavy (non-hydrogen) atoms. The van der Waals surface area contributed by atoms with E-state index in [-0.39, 0.29) is 18.3 Å². The van der Waals surface area contributed by atoms with Crippen molar-refractivity contribution in [1.29, 1.82) is 0 Å². The normalized spacial score (nSPS) is 14.5. The van der Waals surface area contributed by atoms with Crippen molar-refractivity contribution < 1.29 is 9.53 Å². The van der Waals surface area contributed by atoms with Crippen molar-refractivity contribution in [2.75, 3.05) is 26.2 Å². The van der Waals surface area contributed by atoms with Gasteiger partial charge in [-0.25, -0.2) is 4.68 Å². The topological polar surface area (TPSA) is 81.1 Å². The Kier molecular flexibility index (Phi) is 7.41. The lowest BCUT2D eigenvalue weighted by molar-refractivity contribution is 0.0942. The van der Waals surface area contributed by atoms with Crippen LogP contribution in [-0.4, -0.2) is 47.1 Å². The molecular formula is C18H26ClN5O2. The standard InChI is InChI=1S/C18H25N5O2.ClH/c1-13-4-3-5-14(2)17(13)25-11-10-20-18(24)16-12-23(22-21-16)15-6-8-19-9-7-15;/h3-5,12,15,19H,6-11H2,1-2H3,(H,20,24);1H. The Morgan fingerprint density at radius 1 is 1.31 bits per heavy atom. The third kappa shape index (κ3) is 4.95. The second kappa shape index (κ2) is 9.54. The number of nitrogens with one attached hydrogen (secondary N) is 2. The number of carbonyl (C=O) groups is 1. The zero-order valence-electron chi connectivity index (χ0n) is 15.2. The quantitative estimate of drug-likeness (QED) is 0.751. The molecular weight excluding hydrogens is 354 g/mol. The maximum Gasteiger partial charge on any atom is 0.273 e. The first-order valence-corrected chi connectivity index (χ1v) is 8.75. The van der Waals surface area contributed by atoms with Gasteiger partial charge in [0.05, 0.1) is 18.8 Å². The van der Waals surface area contributed by atoms with Gasteiger partial charge in [-0.05, 0) is 50.9 Å². The van der Waals surface area contributed by atoms with Crippen LogP contribution in [0.25, 0.3) is 0 Å². The molecule has 1 saturated heterocycles. The largest absolute Gasteiger partial charge is 0.491 e. The van der Waals surface area contributed by atoms with Crippen molar-refractivity contribution >= 4 is 18.3 Å². The molecule has 1 aliphatic rings. The maximum atomic E-state index is 12.2. The van der Waals surface area contributed by atoms with E-state index in [1.165, 1.54) is 0 Å².